The summed E-state index contributed by atoms with van der Waals surface area (Å²) >= 11 is 1.32. The third kappa shape index (κ3) is 1.84. The zero-order valence-electron chi connectivity index (χ0n) is 8.02. The first-order chi connectivity index (χ1) is 6.58. The molecule has 0 saturated carbocycles. The fourth-order valence-electron chi connectivity index (χ4n) is 1.30. The summed E-state index contributed by atoms with van der Waals surface area (Å²) in [4.78, 5) is 15.7. The largest absolute Gasteiger partial charge is 0.347 e. The summed E-state index contributed by atoms with van der Waals surface area (Å²) in [6.07, 6.45) is 1.11. The molecule has 2 rings (SSSR count). The maximum absolute atomic E-state index is 11.7. The zero-order chi connectivity index (χ0) is 10.2. The van der Waals surface area contributed by atoms with Gasteiger partial charge in [-0.1, -0.05) is 0 Å². The van der Waals surface area contributed by atoms with Crippen LogP contribution >= 0.6 is 11.3 Å². The van der Waals surface area contributed by atoms with Gasteiger partial charge in [-0.3, -0.25) is 4.79 Å². The summed E-state index contributed by atoms with van der Waals surface area (Å²) in [5.74, 6) is -0.747. The minimum absolute atomic E-state index is 0.0921. The molecular weight excluding hydrogens is 202 g/mol. The fourth-order valence-corrected chi connectivity index (χ4v) is 1.92. The monoisotopic (exact) mass is 213 g/mol. The predicted molar refractivity (Wildman–Crippen MR) is 51.3 cm³/mol. The van der Waals surface area contributed by atoms with Crippen molar-refractivity contribution in [3.63, 3.8) is 0 Å². The lowest BCUT2D eigenvalue weighted by molar-refractivity contribution is -0.133. The number of thiazole rings is 1. The lowest BCUT2D eigenvalue weighted by atomic mass is 10.2. The van der Waals surface area contributed by atoms with E-state index in [9.17, 15) is 4.79 Å². The topological polar surface area (TPSA) is 48.4 Å². The van der Waals surface area contributed by atoms with Gasteiger partial charge < -0.3 is 9.47 Å². The molecule has 1 aliphatic rings. The molecule has 0 aliphatic carbocycles. The van der Waals surface area contributed by atoms with Crippen LogP contribution in [0, 0.1) is 0 Å². The molecule has 0 amide bonds. The van der Waals surface area contributed by atoms with Gasteiger partial charge in [0.05, 0.1) is 6.61 Å². The second-order valence-corrected chi connectivity index (χ2v) is 4.41. The van der Waals surface area contributed by atoms with E-state index in [1.165, 1.54) is 11.3 Å². The molecule has 1 atom stereocenters. The van der Waals surface area contributed by atoms with Crippen LogP contribution in [0.2, 0.25) is 0 Å². The van der Waals surface area contributed by atoms with Crippen LogP contribution in [0.4, 0.5) is 0 Å². The molecule has 0 aromatic carbocycles. The smallest absolute Gasteiger partial charge is 0.222 e. The van der Waals surface area contributed by atoms with E-state index in [0.29, 0.717) is 11.6 Å². The van der Waals surface area contributed by atoms with Crippen molar-refractivity contribution in [3.8, 4) is 0 Å². The Bertz CT molecular complexity index is 334. The molecule has 1 aromatic rings. The van der Waals surface area contributed by atoms with Crippen LogP contribution in [0.1, 0.15) is 23.6 Å². The molecule has 76 valence electrons. The number of rotatable bonds is 2. The molecule has 0 spiro atoms. The zero-order valence-corrected chi connectivity index (χ0v) is 8.84. The van der Waals surface area contributed by atoms with E-state index >= 15 is 0 Å². The second-order valence-electron chi connectivity index (χ2n) is 3.52. The first kappa shape index (κ1) is 9.76. The number of hydrogen-bond donors (Lipinski definition) is 0. The molecule has 14 heavy (non-hydrogen) atoms. The van der Waals surface area contributed by atoms with Gasteiger partial charge in [0, 0.05) is 11.6 Å². The number of Topliss-reactive ketones (excluding diaryl/α,β-unsaturated/α-hetero) is 1. The Morgan fingerprint density at radius 3 is 3.00 bits per heavy atom. The van der Waals surface area contributed by atoms with Gasteiger partial charge in [-0.15, -0.1) is 11.3 Å². The van der Waals surface area contributed by atoms with Crippen molar-refractivity contribution in [2.75, 3.05) is 6.61 Å². The number of carbonyl (C=O) groups excluding carboxylic acids is 1. The van der Waals surface area contributed by atoms with E-state index in [-0.39, 0.29) is 5.78 Å². The Morgan fingerprint density at radius 2 is 2.50 bits per heavy atom. The van der Waals surface area contributed by atoms with Crippen LogP contribution in [0.15, 0.2) is 11.6 Å². The molecular formula is C9H11NO3S. The van der Waals surface area contributed by atoms with Crippen molar-refractivity contribution in [2.45, 2.75) is 25.7 Å². The molecule has 1 aromatic heterocycles. The van der Waals surface area contributed by atoms with Crippen LogP contribution in [0.25, 0.3) is 0 Å². The highest BCUT2D eigenvalue weighted by Crippen LogP contribution is 2.24. The number of aromatic nitrogens is 1. The van der Waals surface area contributed by atoms with Gasteiger partial charge in [0.25, 0.3) is 0 Å². The normalized spacial score (nSPS) is 25.1. The van der Waals surface area contributed by atoms with Crippen LogP contribution in [-0.2, 0) is 9.47 Å². The van der Waals surface area contributed by atoms with E-state index < -0.39 is 11.9 Å². The third-order valence-electron chi connectivity index (χ3n) is 1.94. The Balaban J connectivity index is 2.08. The van der Waals surface area contributed by atoms with Gasteiger partial charge >= 0.3 is 0 Å². The molecule has 0 radical (unpaired) electrons. The first-order valence-electron chi connectivity index (χ1n) is 4.34. The number of carbonyl (C=O) groups is 1. The van der Waals surface area contributed by atoms with Gasteiger partial charge in [-0.05, 0) is 13.8 Å². The van der Waals surface area contributed by atoms with Gasteiger partial charge in [0.2, 0.25) is 5.78 Å². The van der Waals surface area contributed by atoms with Gasteiger partial charge in [0.1, 0.15) is 6.10 Å². The molecule has 1 aliphatic heterocycles. The van der Waals surface area contributed by atoms with Crippen molar-refractivity contribution in [3.05, 3.63) is 16.6 Å². The summed E-state index contributed by atoms with van der Waals surface area (Å²) in [6.45, 7) is 3.90. The minimum atomic E-state index is -0.655. The molecule has 0 bridgehead atoms. The lowest BCUT2D eigenvalue weighted by Gasteiger charge is -2.15. The third-order valence-corrected chi connectivity index (χ3v) is 2.73. The Labute approximate surface area is 85.9 Å². The van der Waals surface area contributed by atoms with E-state index in [1.54, 1.807) is 25.4 Å². The summed E-state index contributed by atoms with van der Waals surface area (Å²) in [5, 5.41) is 2.25. The molecule has 0 N–H and O–H groups in total. The summed E-state index contributed by atoms with van der Waals surface area (Å²) in [5.41, 5.74) is 0. The molecule has 2 heterocycles. The Hall–Kier alpha value is -0.780. The summed E-state index contributed by atoms with van der Waals surface area (Å²) < 4.78 is 10.7. The second kappa shape index (κ2) is 3.42. The van der Waals surface area contributed by atoms with Crippen LogP contribution < -0.4 is 0 Å². The SMILES string of the molecule is CC1(C)OC[C@H](C(=O)c2nccs2)O1. The fraction of sp³-hybridized carbons (Fsp3) is 0.556. The molecule has 5 heteroatoms. The van der Waals surface area contributed by atoms with Crippen molar-refractivity contribution >= 4 is 17.1 Å². The molecule has 0 unspecified atom stereocenters. The van der Waals surface area contributed by atoms with Crippen molar-refractivity contribution in [2.24, 2.45) is 0 Å². The van der Waals surface area contributed by atoms with E-state index in [1.807, 2.05) is 0 Å². The van der Waals surface area contributed by atoms with E-state index in [2.05, 4.69) is 4.98 Å². The van der Waals surface area contributed by atoms with E-state index in [4.69, 9.17) is 9.47 Å². The number of hydrogen-bond acceptors (Lipinski definition) is 5. The molecule has 4 nitrogen and oxygen atoms in total. The standard InChI is InChI=1S/C9H11NO3S/c1-9(2)12-5-6(13-9)7(11)8-10-3-4-14-8/h3-4,6H,5H2,1-2H3/t6-/m1/s1. The molecule has 1 saturated heterocycles. The van der Waals surface area contributed by atoms with Crippen LogP contribution in [0.3, 0.4) is 0 Å². The van der Waals surface area contributed by atoms with Crippen molar-refractivity contribution in [1.82, 2.24) is 4.98 Å². The lowest BCUT2D eigenvalue weighted by Crippen LogP contribution is -2.26. The van der Waals surface area contributed by atoms with Gasteiger partial charge in [-0.2, -0.15) is 0 Å². The number of nitrogens with zero attached hydrogens (tertiary/aromatic N) is 1. The highest BCUT2D eigenvalue weighted by atomic mass is 32.1. The quantitative estimate of drug-likeness (QED) is 0.698. The highest BCUT2D eigenvalue weighted by Gasteiger charge is 2.37. The highest BCUT2D eigenvalue weighted by molar-refractivity contribution is 7.11. The maximum Gasteiger partial charge on any atom is 0.222 e. The average molecular weight is 213 g/mol. The van der Waals surface area contributed by atoms with Crippen molar-refractivity contribution < 1.29 is 14.3 Å². The predicted octanol–water partition coefficient (Wildman–Crippen LogP) is 1.48. The Morgan fingerprint density at radius 1 is 1.71 bits per heavy atom. The maximum atomic E-state index is 11.7. The summed E-state index contributed by atoms with van der Waals surface area (Å²) in [7, 11) is 0. The van der Waals surface area contributed by atoms with Crippen LogP contribution in [0.5, 0.6) is 0 Å². The van der Waals surface area contributed by atoms with Gasteiger partial charge in [0.15, 0.2) is 10.8 Å². The number of ketones is 1. The first-order valence-corrected chi connectivity index (χ1v) is 5.22. The average Bonchev–Trinajstić information content (AvgIpc) is 2.72. The van der Waals surface area contributed by atoms with Crippen molar-refractivity contribution in [1.29, 1.82) is 0 Å². The summed E-state index contributed by atoms with van der Waals surface area (Å²) in [6, 6.07) is 0. The minimum Gasteiger partial charge on any atom is -0.347 e. The number of ether oxygens (including phenoxy) is 2. The van der Waals surface area contributed by atoms with Gasteiger partial charge in [-0.25, -0.2) is 4.98 Å². The van der Waals surface area contributed by atoms with Crippen LogP contribution in [-0.4, -0.2) is 29.3 Å². The Kier molecular flexibility index (Phi) is 2.38. The molecule has 1 fully saturated rings. The van der Waals surface area contributed by atoms with E-state index in [0.717, 1.165) is 0 Å².